The van der Waals surface area contributed by atoms with Crippen molar-refractivity contribution in [2.24, 2.45) is 5.92 Å². The first-order chi connectivity index (χ1) is 7.54. The van der Waals surface area contributed by atoms with E-state index < -0.39 is 10.8 Å². The second-order valence-corrected chi connectivity index (χ2v) is 5.98. The Hall–Kier alpha value is -0.540. The minimum Gasteiger partial charge on any atom is -0.398 e. The number of nitrogens with two attached hydrogens (primary N) is 1. The molecule has 1 aromatic carbocycles. The van der Waals surface area contributed by atoms with Gasteiger partial charge in [0.25, 0.3) is 0 Å². The molecule has 0 aromatic heterocycles. The molecule has 4 heteroatoms. The van der Waals surface area contributed by atoms with Crippen molar-refractivity contribution in [3.8, 4) is 0 Å². The summed E-state index contributed by atoms with van der Waals surface area (Å²) in [6.45, 7) is 4.21. The Kier molecular flexibility index (Phi) is 5.29. The highest BCUT2D eigenvalue weighted by atomic mass is 35.5. The van der Waals surface area contributed by atoms with Crippen LogP contribution in [0.15, 0.2) is 18.2 Å². The lowest BCUT2D eigenvalue weighted by Gasteiger charge is -2.10. The van der Waals surface area contributed by atoms with E-state index in [1.165, 1.54) is 0 Å². The quantitative estimate of drug-likeness (QED) is 0.825. The second kappa shape index (κ2) is 6.26. The molecule has 0 aliphatic heterocycles. The van der Waals surface area contributed by atoms with E-state index in [1.54, 1.807) is 18.2 Å². The summed E-state index contributed by atoms with van der Waals surface area (Å²) in [6, 6.07) is 5.38. The number of halogens is 1. The second-order valence-electron chi connectivity index (χ2n) is 4.07. The van der Waals surface area contributed by atoms with Crippen molar-refractivity contribution in [1.82, 2.24) is 0 Å². The molecule has 0 saturated heterocycles. The number of hydrogen-bond donors (Lipinski definition) is 1. The summed E-state index contributed by atoms with van der Waals surface area (Å²) in [7, 11) is -0.886. The molecule has 2 atom stereocenters. The first kappa shape index (κ1) is 13.5. The Labute approximate surface area is 105 Å². The summed E-state index contributed by atoms with van der Waals surface area (Å²) in [6.07, 6.45) is 1.05. The predicted molar refractivity (Wildman–Crippen MR) is 72.0 cm³/mol. The SMILES string of the molecule is CCC(C)CS(=O)Cc1c(N)cccc1Cl. The van der Waals surface area contributed by atoms with E-state index in [4.69, 9.17) is 17.3 Å². The van der Waals surface area contributed by atoms with Crippen molar-refractivity contribution in [1.29, 1.82) is 0 Å². The molecule has 2 nitrogen and oxygen atoms in total. The van der Waals surface area contributed by atoms with Gasteiger partial charge in [-0.3, -0.25) is 4.21 Å². The van der Waals surface area contributed by atoms with Crippen LogP contribution < -0.4 is 5.73 Å². The van der Waals surface area contributed by atoms with Crippen LogP contribution in [-0.4, -0.2) is 9.96 Å². The van der Waals surface area contributed by atoms with Gasteiger partial charge in [0.2, 0.25) is 0 Å². The van der Waals surface area contributed by atoms with Crippen LogP contribution in [0.2, 0.25) is 5.02 Å². The molecule has 0 heterocycles. The summed E-state index contributed by atoms with van der Waals surface area (Å²) in [5.74, 6) is 1.64. The van der Waals surface area contributed by atoms with Crippen molar-refractivity contribution in [3.63, 3.8) is 0 Å². The van der Waals surface area contributed by atoms with Crippen LogP contribution in [0.4, 0.5) is 5.69 Å². The van der Waals surface area contributed by atoms with Crippen LogP contribution in [-0.2, 0) is 16.6 Å². The van der Waals surface area contributed by atoms with Crippen LogP contribution in [0.25, 0.3) is 0 Å². The molecule has 0 aliphatic rings. The van der Waals surface area contributed by atoms with Gasteiger partial charge in [0.15, 0.2) is 0 Å². The van der Waals surface area contributed by atoms with Gasteiger partial charge in [0, 0.05) is 32.8 Å². The Morgan fingerprint density at radius 1 is 1.50 bits per heavy atom. The third kappa shape index (κ3) is 3.80. The lowest BCUT2D eigenvalue weighted by Crippen LogP contribution is -2.10. The zero-order valence-electron chi connectivity index (χ0n) is 9.70. The van der Waals surface area contributed by atoms with Crippen molar-refractivity contribution >= 4 is 28.1 Å². The number of hydrogen-bond acceptors (Lipinski definition) is 2. The van der Waals surface area contributed by atoms with Gasteiger partial charge < -0.3 is 5.73 Å². The Bertz CT molecular complexity index is 361. The molecule has 2 N–H and O–H groups in total. The minimum atomic E-state index is -0.886. The first-order valence-electron chi connectivity index (χ1n) is 5.42. The lowest BCUT2D eigenvalue weighted by atomic mass is 10.2. The van der Waals surface area contributed by atoms with Crippen molar-refractivity contribution in [2.45, 2.75) is 26.0 Å². The van der Waals surface area contributed by atoms with Crippen LogP contribution in [0.1, 0.15) is 25.8 Å². The molecule has 1 aromatic rings. The van der Waals surface area contributed by atoms with Crippen molar-refractivity contribution in [2.75, 3.05) is 11.5 Å². The highest BCUT2D eigenvalue weighted by Gasteiger charge is 2.11. The summed E-state index contributed by atoms with van der Waals surface area (Å²) < 4.78 is 11.9. The maximum absolute atomic E-state index is 11.9. The van der Waals surface area contributed by atoms with Crippen molar-refractivity contribution < 1.29 is 4.21 Å². The summed E-state index contributed by atoms with van der Waals surface area (Å²) in [4.78, 5) is 0. The standard InChI is InChI=1S/C12H18ClNOS/c1-3-9(2)7-16(15)8-10-11(13)5-4-6-12(10)14/h4-6,9H,3,7-8,14H2,1-2H3. The first-order valence-corrected chi connectivity index (χ1v) is 7.29. The number of anilines is 1. The topological polar surface area (TPSA) is 43.1 Å². The fraction of sp³-hybridized carbons (Fsp3) is 0.500. The highest BCUT2D eigenvalue weighted by molar-refractivity contribution is 7.84. The van der Waals surface area contributed by atoms with E-state index in [9.17, 15) is 4.21 Å². The third-order valence-electron chi connectivity index (χ3n) is 2.63. The molecule has 0 saturated carbocycles. The molecule has 0 fully saturated rings. The van der Waals surface area contributed by atoms with E-state index in [-0.39, 0.29) is 0 Å². The van der Waals surface area contributed by atoms with Gasteiger partial charge in [-0.25, -0.2) is 0 Å². The Balaban J connectivity index is 2.70. The smallest absolute Gasteiger partial charge is 0.0520 e. The fourth-order valence-electron chi connectivity index (χ4n) is 1.38. The molecular formula is C12H18ClNOS. The number of benzene rings is 1. The molecule has 0 radical (unpaired) electrons. The molecular weight excluding hydrogens is 242 g/mol. The van der Waals surface area contributed by atoms with Crippen LogP contribution in [0.3, 0.4) is 0 Å². The molecule has 0 amide bonds. The molecule has 1 rings (SSSR count). The predicted octanol–water partition coefficient (Wildman–Crippen LogP) is 3.22. The molecule has 0 bridgehead atoms. The fourth-order valence-corrected chi connectivity index (χ4v) is 3.34. The number of nitrogen functional groups attached to an aromatic ring is 1. The van der Waals surface area contributed by atoms with Gasteiger partial charge in [0.05, 0.1) is 5.75 Å². The van der Waals surface area contributed by atoms with Crippen LogP contribution >= 0.6 is 11.6 Å². The zero-order chi connectivity index (χ0) is 12.1. The van der Waals surface area contributed by atoms with Crippen LogP contribution in [0.5, 0.6) is 0 Å². The van der Waals surface area contributed by atoms with E-state index >= 15 is 0 Å². The normalized spacial score (nSPS) is 14.7. The molecule has 0 aliphatic carbocycles. The van der Waals surface area contributed by atoms with Gasteiger partial charge in [0.1, 0.15) is 0 Å². The average Bonchev–Trinajstić information content (AvgIpc) is 2.23. The molecule has 0 spiro atoms. The van der Waals surface area contributed by atoms with Gasteiger partial charge in [-0.1, -0.05) is 37.9 Å². The van der Waals surface area contributed by atoms with Crippen molar-refractivity contribution in [3.05, 3.63) is 28.8 Å². The van der Waals surface area contributed by atoms with Gasteiger partial charge >= 0.3 is 0 Å². The highest BCUT2D eigenvalue weighted by Crippen LogP contribution is 2.23. The van der Waals surface area contributed by atoms with Gasteiger partial charge in [-0.05, 0) is 18.1 Å². The summed E-state index contributed by atoms with van der Waals surface area (Å²) in [5.41, 5.74) is 7.25. The number of rotatable bonds is 5. The van der Waals surface area contributed by atoms with Gasteiger partial charge in [-0.15, -0.1) is 0 Å². The van der Waals surface area contributed by atoms with E-state index in [0.29, 0.717) is 28.1 Å². The summed E-state index contributed by atoms with van der Waals surface area (Å²) >= 11 is 6.03. The average molecular weight is 260 g/mol. The Morgan fingerprint density at radius 3 is 2.75 bits per heavy atom. The Morgan fingerprint density at radius 2 is 2.19 bits per heavy atom. The lowest BCUT2D eigenvalue weighted by molar-refractivity contribution is 0.615. The largest absolute Gasteiger partial charge is 0.398 e. The molecule has 16 heavy (non-hydrogen) atoms. The third-order valence-corrected chi connectivity index (χ3v) is 4.53. The van der Waals surface area contributed by atoms with E-state index in [0.717, 1.165) is 12.0 Å². The molecule has 90 valence electrons. The van der Waals surface area contributed by atoms with E-state index in [1.807, 2.05) is 0 Å². The zero-order valence-corrected chi connectivity index (χ0v) is 11.3. The summed E-state index contributed by atoms with van der Waals surface area (Å²) in [5, 5.41) is 0.609. The monoisotopic (exact) mass is 259 g/mol. The maximum Gasteiger partial charge on any atom is 0.0520 e. The van der Waals surface area contributed by atoms with Crippen LogP contribution in [0, 0.1) is 5.92 Å². The maximum atomic E-state index is 11.9. The molecule has 2 unspecified atom stereocenters. The van der Waals surface area contributed by atoms with Gasteiger partial charge in [-0.2, -0.15) is 0 Å². The minimum absolute atomic E-state index is 0.454. The van der Waals surface area contributed by atoms with E-state index in [2.05, 4.69) is 13.8 Å².